The van der Waals surface area contributed by atoms with Crippen molar-refractivity contribution in [1.82, 2.24) is 4.98 Å². The third-order valence-corrected chi connectivity index (χ3v) is 4.55. The summed E-state index contributed by atoms with van der Waals surface area (Å²) >= 11 is 1.94. The molecule has 1 unspecified atom stereocenters. The molecule has 0 saturated heterocycles. The van der Waals surface area contributed by atoms with E-state index in [1.807, 2.05) is 17.8 Å². The fourth-order valence-corrected chi connectivity index (χ4v) is 3.89. The minimum absolute atomic E-state index is 0.543. The van der Waals surface area contributed by atoms with Crippen molar-refractivity contribution in [3.63, 3.8) is 0 Å². The Balaban J connectivity index is 2.14. The quantitative estimate of drug-likeness (QED) is 0.811. The number of hydrogen-bond acceptors (Lipinski definition) is 3. The van der Waals surface area contributed by atoms with Crippen LogP contribution in [0.15, 0.2) is 29.2 Å². The van der Waals surface area contributed by atoms with E-state index in [0.29, 0.717) is 5.25 Å². The average Bonchev–Trinajstić information content (AvgIpc) is 2.74. The first kappa shape index (κ1) is 11.1. The standard InChI is InChI=1S/C14H15NOS/c1-9-12-7-10(8-16-2)17-14(12)11-5-3-4-6-13(11)15-9/h3-6,10H,7-8H2,1-2H3. The minimum Gasteiger partial charge on any atom is -0.384 e. The van der Waals surface area contributed by atoms with E-state index in [4.69, 9.17) is 4.74 Å². The summed E-state index contributed by atoms with van der Waals surface area (Å²) in [5.74, 6) is 0. The maximum Gasteiger partial charge on any atom is 0.0716 e. The molecule has 1 aromatic carbocycles. The van der Waals surface area contributed by atoms with Crippen LogP contribution in [-0.2, 0) is 11.2 Å². The van der Waals surface area contributed by atoms with E-state index in [-0.39, 0.29) is 0 Å². The molecule has 3 rings (SSSR count). The lowest BCUT2D eigenvalue weighted by atomic mass is 10.1. The third-order valence-electron chi connectivity index (χ3n) is 3.22. The largest absolute Gasteiger partial charge is 0.384 e. The molecule has 3 heteroatoms. The first-order valence-corrected chi connectivity index (χ1v) is 6.71. The lowest BCUT2D eigenvalue weighted by Crippen LogP contribution is -2.09. The predicted molar refractivity (Wildman–Crippen MR) is 71.7 cm³/mol. The number of fused-ring (bicyclic) bond motifs is 3. The van der Waals surface area contributed by atoms with Gasteiger partial charge in [0.2, 0.25) is 0 Å². The van der Waals surface area contributed by atoms with Crippen molar-refractivity contribution in [2.24, 2.45) is 0 Å². The molecule has 1 aliphatic rings. The summed E-state index contributed by atoms with van der Waals surface area (Å²) in [5.41, 5.74) is 3.69. The van der Waals surface area contributed by atoms with E-state index in [1.54, 1.807) is 7.11 Å². The number of benzene rings is 1. The zero-order chi connectivity index (χ0) is 11.8. The lowest BCUT2D eigenvalue weighted by Gasteiger charge is -2.06. The molecule has 1 atom stereocenters. The van der Waals surface area contributed by atoms with Crippen LogP contribution in [0, 0.1) is 6.92 Å². The maximum absolute atomic E-state index is 5.27. The number of thioether (sulfide) groups is 1. The number of pyridine rings is 1. The summed E-state index contributed by atoms with van der Waals surface area (Å²) in [5, 5.41) is 1.83. The molecule has 88 valence electrons. The molecule has 2 aromatic rings. The molecule has 0 fully saturated rings. The topological polar surface area (TPSA) is 22.1 Å². The van der Waals surface area contributed by atoms with Crippen molar-refractivity contribution in [3.8, 4) is 0 Å². The van der Waals surface area contributed by atoms with Crippen LogP contribution in [0.5, 0.6) is 0 Å². The van der Waals surface area contributed by atoms with Crippen LogP contribution in [-0.4, -0.2) is 24.0 Å². The number of ether oxygens (including phenoxy) is 1. The predicted octanol–water partition coefficient (Wildman–Crippen LogP) is 3.21. The summed E-state index contributed by atoms with van der Waals surface area (Å²) in [6, 6.07) is 8.40. The van der Waals surface area contributed by atoms with E-state index in [2.05, 4.69) is 30.1 Å². The van der Waals surface area contributed by atoms with Crippen molar-refractivity contribution in [2.45, 2.75) is 23.5 Å². The Morgan fingerprint density at radius 3 is 3.06 bits per heavy atom. The number of rotatable bonds is 2. The van der Waals surface area contributed by atoms with Gasteiger partial charge in [-0.15, -0.1) is 11.8 Å². The van der Waals surface area contributed by atoms with Crippen molar-refractivity contribution in [2.75, 3.05) is 13.7 Å². The number of nitrogens with zero attached hydrogens (tertiary/aromatic N) is 1. The van der Waals surface area contributed by atoms with Gasteiger partial charge in [-0.25, -0.2) is 0 Å². The molecule has 2 heterocycles. The maximum atomic E-state index is 5.27. The Labute approximate surface area is 105 Å². The molecule has 1 aromatic heterocycles. The Bertz CT molecular complexity index is 567. The molecule has 0 saturated carbocycles. The zero-order valence-corrected chi connectivity index (χ0v) is 10.9. The summed E-state index contributed by atoms with van der Waals surface area (Å²) in [6.45, 7) is 2.92. The lowest BCUT2D eigenvalue weighted by molar-refractivity contribution is 0.200. The fraction of sp³-hybridized carbons (Fsp3) is 0.357. The molecule has 0 radical (unpaired) electrons. The molecule has 0 N–H and O–H groups in total. The van der Waals surface area contributed by atoms with E-state index in [0.717, 1.165) is 18.5 Å². The smallest absolute Gasteiger partial charge is 0.0716 e. The van der Waals surface area contributed by atoms with Gasteiger partial charge in [0.25, 0.3) is 0 Å². The van der Waals surface area contributed by atoms with Gasteiger partial charge in [-0.3, -0.25) is 4.98 Å². The van der Waals surface area contributed by atoms with Gasteiger partial charge in [0.05, 0.1) is 12.1 Å². The van der Waals surface area contributed by atoms with Crippen LogP contribution in [0.2, 0.25) is 0 Å². The van der Waals surface area contributed by atoms with Crippen molar-refractivity contribution in [1.29, 1.82) is 0 Å². The SMILES string of the molecule is COCC1Cc2c(C)nc3ccccc3c2S1. The van der Waals surface area contributed by atoms with E-state index in [9.17, 15) is 0 Å². The number of hydrogen-bond donors (Lipinski definition) is 0. The minimum atomic E-state index is 0.543. The Hall–Kier alpha value is -1.06. The monoisotopic (exact) mass is 245 g/mol. The van der Waals surface area contributed by atoms with Crippen LogP contribution in [0.1, 0.15) is 11.3 Å². The van der Waals surface area contributed by atoms with Crippen LogP contribution >= 0.6 is 11.8 Å². The number of aryl methyl sites for hydroxylation is 1. The van der Waals surface area contributed by atoms with E-state index < -0.39 is 0 Å². The van der Waals surface area contributed by atoms with Gasteiger partial charge in [-0.1, -0.05) is 18.2 Å². The molecule has 0 bridgehead atoms. The van der Waals surface area contributed by atoms with Crippen LogP contribution < -0.4 is 0 Å². The van der Waals surface area contributed by atoms with Gasteiger partial charge >= 0.3 is 0 Å². The Kier molecular flexibility index (Phi) is 2.81. The second-order valence-electron chi connectivity index (χ2n) is 4.42. The third kappa shape index (κ3) is 1.83. The molecular formula is C14H15NOS. The molecule has 0 amide bonds. The number of para-hydroxylation sites is 1. The van der Waals surface area contributed by atoms with Crippen molar-refractivity contribution in [3.05, 3.63) is 35.5 Å². The summed E-state index contributed by atoms with van der Waals surface area (Å²) < 4.78 is 5.27. The van der Waals surface area contributed by atoms with Crippen molar-refractivity contribution >= 4 is 22.7 Å². The average molecular weight is 245 g/mol. The van der Waals surface area contributed by atoms with Crippen LogP contribution in [0.25, 0.3) is 10.9 Å². The van der Waals surface area contributed by atoms with Crippen molar-refractivity contribution < 1.29 is 4.74 Å². The molecule has 0 spiro atoms. The van der Waals surface area contributed by atoms with Gasteiger partial charge in [0.1, 0.15) is 0 Å². The fourth-order valence-electron chi connectivity index (χ4n) is 2.43. The first-order valence-electron chi connectivity index (χ1n) is 5.83. The molecule has 2 nitrogen and oxygen atoms in total. The highest BCUT2D eigenvalue weighted by molar-refractivity contribution is 8.00. The van der Waals surface area contributed by atoms with E-state index >= 15 is 0 Å². The second-order valence-corrected chi connectivity index (χ2v) is 5.73. The van der Waals surface area contributed by atoms with Gasteiger partial charge in [-0.05, 0) is 25.0 Å². The highest BCUT2D eigenvalue weighted by Gasteiger charge is 2.26. The van der Waals surface area contributed by atoms with Gasteiger partial charge in [0, 0.05) is 28.3 Å². The van der Waals surface area contributed by atoms with Crippen LogP contribution in [0.4, 0.5) is 0 Å². The second kappa shape index (κ2) is 4.31. The van der Waals surface area contributed by atoms with Crippen LogP contribution in [0.3, 0.4) is 0 Å². The highest BCUT2D eigenvalue weighted by Crippen LogP contribution is 2.42. The molecular weight excluding hydrogens is 230 g/mol. The molecule has 17 heavy (non-hydrogen) atoms. The normalized spacial score (nSPS) is 18.6. The Morgan fingerprint density at radius 2 is 2.24 bits per heavy atom. The van der Waals surface area contributed by atoms with Gasteiger partial charge in [-0.2, -0.15) is 0 Å². The number of aromatic nitrogens is 1. The molecule has 1 aliphatic heterocycles. The summed E-state index contributed by atoms with van der Waals surface area (Å²) in [6.07, 6.45) is 1.08. The summed E-state index contributed by atoms with van der Waals surface area (Å²) in [4.78, 5) is 6.10. The van der Waals surface area contributed by atoms with Gasteiger partial charge in [0.15, 0.2) is 0 Å². The van der Waals surface area contributed by atoms with E-state index in [1.165, 1.54) is 21.5 Å². The highest BCUT2D eigenvalue weighted by atomic mass is 32.2. The number of methoxy groups -OCH3 is 1. The summed E-state index contributed by atoms with van der Waals surface area (Å²) in [7, 11) is 1.77. The first-order chi connectivity index (χ1) is 8.29. The molecule has 0 aliphatic carbocycles. The Morgan fingerprint density at radius 1 is 1.41 bits per heavy atom. The van der Waals surface area contributed by atoms with Gasteiger partial charge < -0.3 is 4.74 Å². The zero-order valence-electron chi connectivity index (χ0n) is 10.1.